The van der Waals surface area contributed by atoms with E-state index in [-0.39, 0.29) is 0 Å². The van der Waals surface area contributed by atoms with Crippen molar-refractivity contribution >= 4 is 0 Å². The minimum atomic E-state index is 0.857. The van der Waals surface area contributed by atoms with Gasteiger partial charge in [-0.15, -0.1) is 0 Å². The van der Waals surface area contributed by atoms with Crippen molar-refractivity contribution in [1.82, 2.24) is 14.5 Å². The normalized spacial score (nSPS) is 15.3. The summed E-state index contributed by atoms with van der Waals surface area (Å²) in [6, 6.07) is 5.96. The summed E-state index contributed by atoms with van der Waals surface area (Å²) in [7, 11) is 0. The largest absolute Gasteiger partial charge is 0.327 e. The molecule has 0 bridgehead atoms. The molecule has 0 amide bonds. The monoisotopic (exact) mass is 213 g/mol. The zero-order valence-electron chi connectivity index (χ0n) is 9.43. The van der Waals surface area contributed by atoms with Crippen molar-refractivity contribution in [1.29, 1.82) is 0 Å². The van der Waals surface area contributed by atoms with Gasteiger partial charge in [0.2, 0.25) is 0 Å². The quantitative estimate of drug-likeness (QED) is 0.784. The first-order valence-corrected chi connectivity index (χ1v) is 5.78. The molecule has 2 aromatic heterocycles. The van der Waals surface area contributed by atoms with Crippen molar-refractivity contribution in [3.63, 3.8) is 0 Å². The molecule has 2 heterocycles. The maximum Gasteiger partial charge on any atom is 0.158 e. The van der Waals surface area contributed by atoms with Crippen LogP contribution in [-0.2, 0) is 6.54 Å². The molecular weight excluding hydrogens is 198 g/mol. The summed E-state index contributed by atoms with van der Waals surface area (Å²) >= 11 is 0. The van der Waals surface area contributed by atoms with Crippen LogP contribution in [0.15, 0.2) is 30.6 Å². The Hall–Kier alpha value is -1.64. The van der Waals surface area contributed by atoms with E-state index >= 15 is 0 Å². The van der Waals surface area contributed by atoms with E-state index < -0.39 is 0 Å². The first kappa shape index (κ1) is 9.58. The van der Waals surface area contributed by atoms with Gasteiger partial charge in [0.25, 0.3) is 0 Å². The van der Waals surface area contributed by atoms with E-state index in [1.807, 2.05) is 30.6 Å². The predicted molar refractivity (Wildman–Crippen MR) is 62.9 cm³/mol. The fourth-order valence-electron chi connectivity index (χ4n) is 1.95. The summed E-state index contributed by atoms with van der Waals surface area (Å²) in [5.41, 5.74) is 2.20. The molecule has 1 fully saturated rings. The highest BCUT2D eigenvalue weighted by molar-refractivity contribution is 5.50. The van der Waals surface area contributed by atoms with Gasteiger partial charge < -0.3 is 4.57 Å². The summed E-state index contributed by atoms with van der Waals surface area (Å²) in [6.07, 6.45) is 6.48. The molecule has 0 aliphatic heterocycles. The average Bonchev–Trinajstić information content (AvgIpc) is 3.06. The van der Waals surface area contributed by atoms with Gasteiger partial charge in [0.15, 0.2) is 5.82 Å². The Labute approximate surface area is 95.2 Å². The minimum absolute atomic E-state index is 0.857. The molecule has 1 aliphatic carbocycles. The van der Waals surface area contributed by atoms with Crippen LogP contribution in [-0.4, -0.2) is 14.5 Å². The number of rotatable bonds is 3. The Bertz CT molecular complexity index is 483. The number of hydrogen-bond donors (Lipinski definition) is 0. The van der Waals surface area contributed by atoms with Crippen LogP contribution >= 0.6 is 0 Å². The first-order valence-electron chi connectivity index (χ1n) is 5.78. The lowest BCUT2D eigenvalue weighted by molar-refractivity contribution is 0.618. The molecule has 0 atom stereocenters. The van der Waals surface area contributed by atoms with Crippen LogP contribution in [0.2, 0.25) is 0 Å². The molecule has 0 radical (unpaired) electrons. The highest BCUT2D eigenvalue weighted by Crippen LogP contribution is 2.32. The van der Waals surface area contributed by atoms with E-state index in [0.29, 0.717) is 0 Å². The van der Waals surface area contributed by atoms with E-state index in [1.165, 1.54) is 18.5 Å². The maximum absolute atomic E-state index is 4.47. The Morgan fingerprint density at radius 1 is 1.31 bits per heavy atom. The summed E-state index contributed by atoms with van der Waals surface area (Å²) in [5, 5.41) is 0. The smallest absolute Gasteiger partial charge is 0.158 e. The maximum atomic E-state index is 4.47. The molecule has 1 aliphatic rings. The second-order valence-electron chi connectivity index (χ2n) is 4.49. The highest BCUT2D eigenvalue weighted by Gasteiger charge is 2.24. The predicted octanol–water partition coefficient (Wildman–Crippen LogP) is 2.66. The minimum Gasteiger partial charge on any atom is -0.327 e. The van der Waals surface area contributed by atoms with Gasteiger partial charge in [-0.3, -0.25) is 4.98 Å². The summed E-state index contributed by atoms with van der Waals surface area (Å²) in [6.45, 7) is 3.21. The van der Waals surface area contributed by atoms with E-state index in [0.717, 1.165) is 24.0 Å². The van der Waals surface area contributed by atoms with Crippen molar-refractivity contribution < 1.29 is 0 Å². The zero-order valence-corrected chi connectivity index (χ0v) is 9.43. The third kappa shape index (κ3) is 1.73. The third-order valence-corrected chi connectivity index (χ3v) is 3.09. The molecule has 3 heteroatoms. The van der Waals surface area contributed by atoms with E-state index in [4.69, 9.17) is 0 Å². The van der Waals surface area contributed by atoms with Crippen LogP contribution in [0, 0.1) is 12.8 Å². The van der Waals surface area contributed by atoms with Crippen molar-refractivity contribution in [3.8, 4) is 11.5 Å². The van der Waals surface area contributed by atoms with Crippen molar-refractivity contribution in [2.24, 2.45) is 5.92 Å². The van der Waals surface area contributed by atoms with Gasteiger partial charge in [0, 0.05) is 24.6 Å². The number of pyridine rings is 1. The van der Waals surface area contributed by atoms with Crippen molar-refractivity contribution in [2.75, 3.05) is 0 Å². The Kier molecular flexibility index (Phi) is 2.24. The highest BCUT2D eigenvalue weighted by atomic mass is 15.1. The Balaban J connectivity index is 2.00. The third-order valence-electron chi connectivity index (χ3n) is 3.09. The Morgan fingerprint density at radius 2 is 2.19 bits per heavy atom. The second-order valence-corrected chi connectivity index (χ2v) is 4.49. The van der Waals surface area contributed by atoms with E-state index in [9.17, 15) is 0 Å². The average molecular weight is 213 g/mol. The lowest BCUT2D eigenvalue weighted by atomic mass is 10.3. The summed E-state index contributed by atoms with van der Waals surface area (Å²) < 4.78 is 2.29. The lowest BCUT2D eigenvalue weighted by Gasteiger charge is -2.08. The second kappa shape index (κ2) is 3.74. The van der Waals surface area contributed by atoms with Crippen LogP contribution in [0.25, 0.3) is 11.5 Å². The van der Waals surface area contributed by atoms with Crippen LogP contribution < -0.4 is 0 Å². The molecule has 3 nitrogen and oxygen atoms in total. The molecule has 16 heavy (non-hydrogen) atoms. The molecule has 0 unspecified atom stereocenters. The van der Waals surface area contributed by atoms with Crippen molar-refractivity contribution in [2.45, 2.75) is 26.3 Å². The lowest BCUT2D eigenvalue weighted by Crippen LogP contribution is -2.04. The number of imidazole rings is 1. The molecule has 82 valence electrons. The van der Waals surface area contributed by atoms with Gasteiger partial charge in [-0.25, -0.2) is 4.98 Å². The van der Waals surface area contributed by atoms with Crippen molar-refractivity contribution in [3.05, 3.63) is 36.3 Å². The molecule has 2 aromatic rings. The van der Waals surface area contributed by atoms with E-state index in [2.05, 4.69) is 21.5 Å². The van der Waals surface area contributed by atoms with Gasteiger partial charge in [0.05, 0.1) is 0 Å². The van der Waals surface area contributed by atoms with Gasteiger partial charge in [-0.05, 0) is 37.8 Å². The number of aromatic nitrogens is 3. The molecule has 3 rings (SSSR count). The van der Waals surface area contributed by atoms with Crippen LogP contribution in [0.1, 0.15) is 18.5 Å². The number of aryl methyl sites for hydroxylation is 1. The fourth-order valence-corrected chi connectivity index (χ4v) is 1.95. The Morgan fingerprint density at radius 3 is 2.88 bits per heavy atom. The number of nitrogens with zero attached hydrogens (tertiary/aromatic N) is 3. The standard InChI is InChI=1S/C13H15N3/c1-10-8-15-13(12-4-2-3-7-14-12)16(10)9-11-5-6-11/h2-4,7-8,11H,5-6,9H2,1H3. The molecule has 0 aromatic carbocycles. The molecule has 1 saturated carbocycles. The van der Waals surface area contributed by atoms with Crippen LogP contribution in [0.5, 0.6) is 0 Å². The topological polar surface area (TPSA) is 30.7 Å². The van der Waals surface area contributed by atoms with Gasteiger partial charge in [-0.2, -0.15) is 0 Å². The van der Waals surface area contributed by atoms with Crippen LogP contribution in [0.3, 0.4) is 0 Å². The molecule has 0 saturated heterocycles. The molecular formula is C13H15N3. The molecule has 0 spiro atoms. The van der Waals surface area contributed by atoms with Gasteiger partial charge in [0.1, 0.15) is 5.69 Å². The molecule has 0 N–H and O–H groups in total. The SMILES string of the molecule is Cc1cnc(-c2ccccn2)n1CC1CC1. The van der Waals surface area contributed by atoms with Gasteiger partial charge in [-0.1, -0.05) is 6.07 Å². The van der Waals surface area contributed by atoms with Crippen LogP contribution in [0.4, 0.5) is 0 Å². The van der Waals surface area contributed by atoms with E-state index in [1.54, 1.807) is 0 Å². The first-order chi connectivity index (χ1) is 7.84. The fraction of sp³-hybridized carbons (Fsp3) is 0.385. The number of hydrogen-bond acceptors (Lipinski definition) is 2. The summed E-state index contributed by atoms with van der Waals surface area (Å²) in [5.74, 6) is 1.86. The summed E-state index contributed by atoms with van der Waals surface area (Å²) in [4.78, 5) is 8.83. The van der Waals surface area contributed by atoms with Gasteiger partial charge >= 0.3 is 0 Å². The zero-order chi connectivity index (χ0) is 11.0.